The van der Waals surface area contributed by atoms with E-state index in [4.69, 9.17) is 14.2 Å². The molecule has 0 spiro atoms. The van der Waals surface area contributed by atoms with Gasteiger partial charge < -0.3 is 14.2 Å². The molecule has 1 aromatic heterocycles. The van der Waals surface area contributed by atoms with E-state index in [0.717, 1.165) is 0 Å². The number of allylic oxidation sites excluding steroid dienone is 1. The number of fused-ring (bicyclic) bond motifs is 1. The molecule has 0 saturated heterocycles. The molecule has 0 N–H and O–H groups in total. The minimum atomic E-state index is -0.815. The summed E-state index contributed by atoms with van der Waals surface area (Å²) in [6.45, 7) is 7.51. The van der Waals surface area contributed by atoms with Crippen LogP contribution in [0.2, 0.25) is 0 Å². The first kappa shape index (κ1) is 25.1. The number of thiazole rings is 1. The number of benzene rings is 2. The van der Waals surface area contributed by atoms with Crippen molar-refractivity contribution in [3.8, 4) is 11.5 Å². The fourth-order valence-electron chi connectivity index (χ4n) is 4.00. The van der Waals surface area contributed by atoms with Crippen LogP contribution in [-0.4, -0.2) is 30.9 Å². The van der Waals surface area contributed by atoms with Crippen LogP contribution in [0.5, 0.6) is 11.5 Å². The Kier molecular flexibility index (Phi) is 7.49. The molecule has 2 heterocycles. The van der Waals surface area contributed by atoms with Crippen LogP contribution in [0, 0.1) is 5.82 Å². The van der Waals surface area contributed by atoms with Gasteiger partial charge in [-0.05, 0) is 43.7 Å². The number of carbonyl (C=O) groups is 1. The lowest BCUT2D eigenvalue weighted by Crippen LogP contribution is -2.39. The van der Waals surface area contributed by atoms with E-state index in [9.17, 15) is 14.0 Å². The van der Waals surface area contributed by atoms with Crippen LogP contribution in [0.3, 0.4) is 0 Å². The van der Waals surface area contributed by atoms with Crippen molar-refractivity contribution >= 4 is 23.4 Å². The number of para-hydroxylation sites is 1. The zero-order valence-electron chi connectivity index (χ0n) is 20.1. The molecule has 0 saturated carbocycles. The monoisotopic (exact) mass is 508 g/mol. The van der Waals surface area contributed by atoms with E-state index in [0.29, 0.717) is 37.7 Å². The molecule has 186 valence electrons. The smallest absolute Gasteiger partial charge is 0.338 e. The number of methoxy groups -OCH3 is 1. The molecule has 0 amide bonds. The van der Waals surface area contributed by atoms with Gasteiger partial charge in [-0.3, -0.25) is 9.36 Å². The summed E-state index contributed by atoms with van der Waals surface area (Å²) in [7, 11) is 1.54. The number of hydrogen-bond acceptors (Lipinski definition) is 7. The molecular weight excluding hydrogens is 483 g/mol. The quantitative estimate of drug-likeness (QED) is 0.344. The van der Waals surface area contributed by atoms with Crippen LogP contribution in [0.4, 0.5) is 4.39 Å². The van der Waals surface area contributed by atoms with Gasteiger partial charge in [0.25, 0.3) is 5.56 Å². The van der Waals surface area contributed by atoms with E-state index < -0.39 is 17.8 Å². The average molecular weight is 509 g/mol. The fraction of sp³-hybridized carbons (Fsp3) is 0.222. The largest absolute Gasteiger partial charge is 0.493 e. The zero-order valence-corrected chi connectivity index (χ0v) is 20.9. The number of esters is 1. The molecule has 2 aromatic carbocycles. The first-order chi connectivity index (χ1) is 17.4. The molecule has 7 nitrogen and oxygen atoms in total. The van der Waals surface area contributed by atoms with Gasteiger partial charge in [0.15, 0.2) is 16.3 Å². The number of hydrogen-bond donors (Lipinski definition) is 0. The Morgan fingerprint density at radius 3 is 2.67 bits per heavy atom. The average Bonchev–Trinajstić information content (AvgIpc) is 3.17. The van der Waals surface area contributed by atoms with E-state index in [-0.39, 0.29) is 24.3 Å². The Morgan fingerprint density at radius 2 is 2.00 bits per heavy atom. The maximum Gasteiger partial charge on any atom is 0.338 e. The minimum Gasteiger partial charge on any atom is -0.493 e. The lowest BCUT2D eigenvalue weighted by atomic mass is 9.96. The lowest BCUT2D eigenvalue weighted by molar-refractivity contribution is -0.139. The molecule has 0 bridgehead atoms. The second-order valence-corrected chi connectivity index (χ2v) is 8.84. The number of aromatic nitrogens is 1. The van der Waals surface area contributed by atoms with E-state index in [1.54, 1.807) is 50.3 Å². The van der Waals surface area contributed by atoms with Crippen LogP contribution in [0.15, 0.2) is 76.2 Å². The topological polar surface area (TPSA) is 79.1 Å². The van der Waals surface area contributed by atoms with Crippen molar-refractivity contribution in [1.82, 2.24) is 4.57 Å². The van der Waals surface area contributed by atoms with Crippen molar-refractivity contribution in [2.45, 2.75) is 19.9 Å². The van der Waals surface area contributed by atoms with Gasteiger partial charge in [0.05, 0.1) is 35.6 Å². The van der Waals surface area contributed by atoms with Gasteiger partial charge in [0.1, 0.15) is 12.4 Å². The van der Waals surface area contributed by atoms with Crippen LogP contribution in [-0.2, 0) is 9.53 Å². The van der Waals surface area contributed by atoms with Gasteiger partial charge in [-0.15, -0.1) is 0 Å². The SMILES string of the molecule is C=CCOc1c(/C=c2\sc3n(c2=O)[C@@H](c2ccc(F)cc2)C(C(=O)OCC)=C(C)N=3)cccc1OC. The van der Waals surface area contributed by atoms with Crippen molar-refractivity contribution in [1.29, 1.82) is 0 Å². The molecule has 1 aliphatic rings. The number of rotatable bonds is 8. The Labute approximate surface area is 211 Å². The minimum absolute atomic E-state index is 0.166. The summed E-state index contributed by atoms with van der Waals surface area (Å²) in [4.78, 5) is 31.6. The van der Waals surface area contributed by atoms with Crippen molar-refractivity contribution in [3.05, 3.63) is 103 Å². The predicted octanol–water partition coefficient (Wildman–Crippen LogP) is 3.51. The Balaban J connectivity index is 1.94. The van der Waals surface area contributed by atoms with E-state index in [1.807, 2.05) is 6.07 Å². The fourth-order valence-corrected chi connectivity index (χ4v) is 5.03. The zero-order chi connectivity index (χ0) is 25.8. The summed E-state index contributed by atoms with van der Waals surface area (Å²) < 4.78 is 32.0. The highest BCUT2D eigenvalue weighted by Crippen LogP contribution is 2.32. The van der Waals surface area contributed by atoms with Crippen LogP contribution >= 0.6 is 11.3 Å². The summed E-state index contributed by atoms with van der Waals surface area (Å²) in [6, 6.07) is 10.3. The highest BCUT2D eigenvalue weighted by Gasteiger charge is 2.33. The van der Waals surface area contributed by atoms with Gasteiger partial charge in [-0.1, -0.05) is 48.3 Å². The molecule has 4 rings (SSSR count). The second kappa shape index (κ2) is 10.7. The Hall–Kier alpha value is -3.98. The normalized spacial score (nSPS) is 15.2. The van der Waals surface area contributed by atoms with Gasteiger partial charge >= 0.3 is 5.97 Å². The van der Waals surface area contributed by atoms with E-state index in [2.05, 4.69) is 11.6 Å². The Bertz CT molecular complexity index is 1520. The van der Waals surface area contributed by atoms with E-state index >= 15 is 0 Å². The lowest BCUT2D eigenvalue weighted by Gasteiger charge is -2.24. The second-order valence-electron chi connectivity index (χ2n) is 7.83. The highest BCUT2D eigenvalue weighted by atomic mass is 32.1. The first-order valence-electron chi connectivity index (χ1n) is 11.2. The summed E-state index contributed by atoms with van der Waals surface area (Å²) in [5.74, 6) is -0.00268. The number of halogens is 1. The van der Waals surface area contributed by atoms with Crippen LogP contribution in [0.1, 0.15) is 31.0 Å². The first-order valence-corrected chi connectivity index (χ1v) is 12.1. The molecule has 0 radical (unpaired) electrons. The maximum atomic E-state index is 13.7. The highest BCUT2D eigenvalue weighted by molar-refractivity contribution is 7.07. The molecule has 9 heteroatoms. The molecule has 0 aliphatic carbocycles. The van der Waals surface area contributed by atoms with Gasteiger partial charge in [-0.25, -0.2) is 14.2 Å². The van der Waals surface area contributed by atoms with Crippen molar-refractivity contribution in [2.24, 2.45) is 4.99 Å². The number of carbonyl (C=O) groups excluding carboxylic acids is 1. The van der Waals surface area contributed by atoms with Gasteiger partial charge in [0.2, 0.25) is 0 Å². The molecule has 1 atom stereocenters. The van der Waals surface area contributed by atoms with Crippen molar-refractivity contribution in [3.63, 3.8) is 0 Å². The van der Waals surface area contributed by atoms with Crippen LogP contribution in [0.25, 0.3) is 6.08 Å². The molecule has 36 heavy (non-hydrogen) atoms. The summed E-state index contributed by atoms with van der Waals surface area (Å²) in [6.07, 6.45) is 3.32. The van der Waals surface area contributed by atoms with Crippen molar-refractivity contribution < 1.29 is 23.4 Å². The van der Waals surface area contributed by atoms with Crippen LogP contribution < -0.4 is 24.4 Å². The summed E-state index contributed by atoms with van der Waals surface area (Å²) in [5.41, 5.74) is 1.53. The molecule has 0 fully saturated rings. The molecular formula is C27H25FN2O5S. The van der Waals surface area contributed by atoms with Gasteiger partial charge in [0, 0.05) is 5.56 Å². The van der Waals surface area contributed by atoms with Gasteiger partial charge in [-0.2, -0.15) is 0 Å². The van der Waals surface area contributed by atoms with E-state index in [1.165, 1.54) is 35.1 Å². The third-order valence-corrected chi connectivity index (χ3v) is 6.55. The predicted molar refractivity (Wildman–Crippen MR) is 135 cm³/mol. The summed E-state index contributed by atoms with van der Waals surface area (Å²) >= 11 is 1.19. The molecule has 0 unspecified atom stereocenters. The Morgan fingerprint density at radius 1 is 1.25 bits per heavy atom. The number of nitrogens with zero attached hydrogens (tertiary/aromatic N) is 2. The standard InChI is InChI=1S/C27H25FN2O5S/c1-5-14-35-24-18(8-7-9-20(24)33-4)15-21-25(31)30-23(17-10-12-19(28)13-11-17)22(26(32)34-6-2)16(3)29-27(30)36-21/h5,7-13,15,23H,1,6,14H2,2-4H3/b21-15-/t23-/m0/s1. The maximum absolute atomic E-state index is 13.7. The van der Waals surface area contributed by atoms with Crippen molar-refractivity contribution in [2.75, 3.05) is 20.3 Å². The third kappa shape index (κ3) is 4.74. The number of ether oxygens (including phenoxy) is 3. The summed E-state index contributed by atoms with van der Waals surface area (Å²) in [5, 5.41) is 0. The molecule has 3 aromatic rings. The third-order valence-electron chi connectivity index (χ3n) is 5.56. The molecule has 1 aliphatic heterocycles.